The minimum atomic E-state index is -4.53. The van der Waals surface area contributed by atoms with Crippen LogP contribution in [0.1, 0.15) is 21.7 Å². The quantitative estimate of drug-likeness (QED) is 0.901. The summed E-state index contributed by atoms with van der Waals surface area (Å²) in [5.74, 6) is -0.932. The highest BCUT2D eigenvalue weighted by Gasteiger charge is 2.61. The number of thiophene rings is 1. The van der Waals surface area contributed by atoms with E-state index < -0.39 is 17.5 Å². The van der Waals surface area contributed by atoms with E-state index in [9.17, 15) is 18.0 Å². The Morgan fingerprint density at radius 1 is 1.50 bits per heavy atom. The zero-order chi connectivity index (χ0) is 15.0. The van der Waals surface area contributed by atoms with E-state index in [1.165, 1.54) is 11.3 Å². The van der Waals surface area contributed by atoms with Crippen molar-refractivity contribution in [2.75, 3.05) is 13.1 Å². The number of hydrogen-bond donors (Lipinski definition) is 2. The second kappa shape index (κ2) is 5.37. The first-order valence-corrected chi connectivity index (χ1v) is 7.19. The molecule has 7 heteroatoms. The van der Waals surface area contributed by atoms with Gasteiger partial charge >= 0.3 is 6.18 Å². The predicted molar refractivity (Wildman–Crippen MR) is 71.6 cm³/mol. The summed E-state index contributed by atoms with van der Waals surface area (Å²) in [6.07, 6.45) is -4.73. The third-order valence-corrected chi connectivity index (χ3v) is 4.93. The molecule has 1 unspecified atom stereocenters. The fourth-order valence-electron chi connectivity index (χ4n) is 2.33. The molecule has 1 aromatic heterocycles. The van der Waals surface area contributed by atoms with Gasteiger partial charge in [0.15, 0.2) is 5.41 Å². The summed E-state index contributed by atoms with van der Waals surface area (Å²) in [5.41, 5.74) is -1.19. The molecule has 0 bridgehead atoms. The monoisotopic (exact) mass is 306 g/mol. The summed E-state index contributed by atoms with van der Waals surface area (Å²) in [7, 11) is 0. The minimum absolute atomic E-state index is 0.149. The van der Waals surface area contributed by atoms with Gasteiger partial charge in [-0.25, -0.2) is 0 Å². The topological polar surface area (TPSA) is 41.1 Å². The highest BCUT2D eigenvalue weighted by molar-refractivity contribution is 7.12. The van der Waals surface area contributed by atoms with Gasteiger partial charge in [0, 0.05) is 16.3 Å². The molecule has 0 radical (unpaired) electrons. The standard InChI is InChI=1S/C13H17F3N2OS/c1-8-5-10(20-9(8)2)6-18-11(19)12(13(14,15)16)3-4-17-7-12/h5,17H,3-4,6-7H2,1-2H3,(H,18,19). The molecule has 3 nitrogen and oxygen atoms in total. The van der Waals surface area contributed by atoms with Crippen molar-refractivity contribution in [2.45, 2.75) is 33.0 Å². The molecule has 0 aromatic carbocycles. The van der Waals surface area contributed by atoms with Crippen LogP contribution in [0.25, 0.3) is 0 Å². The Hall–Kier alpha value is -1.08. The molecular formula is C13H17F3N2OS. The van der Waals surface area contributed by atoms with Crippen molar-refractivity contribution < 1.29 is 18.0 Å². The zero-order valence-corrected chi connectivity index (χ0v) is 12.2. The number of alkyl halides is 3. The molecule has 1 atom stereocenters. The van der Waals surface area contributed by atoms with E-state index in [-0.39, 0.29) is 26.1 Å². The van der Waals surface area contributed by atoms with Crippen LogP contribution in [0, 0.1) is 19.3 Å². The smallest absolute Gasteiger partial charge is 0.350 e. The van der Waals surface area contributed by atoms with Crippen molar-refractivity contribution in [3.8, 4) is 0 Å². The second-order valence-electron chi connectivity index (χ2n) is 5.14. The van der Waals surface area contributed by atoms with Crippen LogP contribution in [-0.4, -0.2) is 25.2 Å². The van der Waals surface area contributed by atoms with Crippen molar-refractivity contribution in [2.24, 2.45) is 5.41 Å². The molecule has 1 fully saturated rings. The van der Waals surface area contributed by atoms with Crippen molar-refractivity contribution in [3.63, 3.8) is 0 Å². The third-order valence-electron chi connectivity index (χ3n) is 3.77. The molecule has 1 saturated heterocycles. The molecule has 1 aliphatic rings. The van der Waals surface area contributed by atoms with E-state index in [2.05, 4.69) is 10.6 Å². The average molecular weight is 306 g/mol. The molecule has 1 aliphatic heterocycles. The lowest BCUT2D eigenvalue weighted by Gasteiger charge is -2.29. The Labute approximate surface area is 119 Å². The van der Waals surface area contributed by atoms with E-state index >= 15 is 0 Å². The van der Waals surface area contributed by atoms with Crippen LogP contribution in [0.15, 0.2) is 6.07 Å². The fraction of sp³-hybridized carbons (Fsp3) is 0.615. The lowest BCUT2D eigenvalue weighted by Crippen LogP contribution is -2.51. The largest absolute Gasteiger partial charge is 0.404 e. The van der Waals surface area contributed by atoms with Crippen LogP contribution in [0.4, 0.5) is 13.2 Å². The van der Waals surface area contributed by atoms with Crippen LogP contribution in [0.5, 0.6) is 0 Å². The molecule has 2 heterocycles. The number of aryl methyl sites for hydroxylation is 2. The molecule has 0 aliphatic carbocycles. The number of rotatable bonds is 3. The first kappa shape index (κ1) is 15.3. The predicted octanol–water partition coefficient (Wildman–Crippen LogP) is 2.52. The molecule has 0 spiro atoms. The normalized spacial score (nSPS) is 23.1. The number of nitrogens with one attached hydrogen (secondary N) is 2. The summed E-state index contributed by atoms with van der Waals surface area (Å²) < 4.78 is 39.5. The van der Waals surface area contributed by atoms with Gasteiger partial charge in [0.25, 0.3) is 0 Å². The third kappa shape index (κ3) is 2.69. The molecular weight excluding hydrogens is 289 g/mol. The van der Waals surface area contributed by atoms with Crippen LogP contribution in [-0.2, 0) is 11.3 Å². The highest BCUT2D eigenvalue weighted by Crippen LogP contribution is 2.43. The summed E-state index contributed by atoms with van der Waals surface area (Å²) in [6, 6.07) is 1.90. The number of amides is 1. The first-order valence-electron chi connectivity index (χ1n) is 6.38. The SMILES string of the molecule is Cc1cc(CNC(=O)C2(C(F)(F)F)CCNC2)sc1C. The second-order valence-corrected chi connectivity index (χ2v) is 6.48. The van der Waals surface area contributed by atoms with Gasteiger partial charge in [-0.1, -0.05) is 0 Å². The fourth-order valence-corrected chi connectivity index (χ4v) is 3.32. The van der Waals surface area contributed by atoms with Gasteiger partial charge in [-0.3, -0.25) is 4.79 Å². The van der Waals surface area contributed by atoms with Gasteiger partial charge in [-0.2, -0.15) is 13.2 Å². The summed E-state index contributed by atoms with van der Waals surface area (Å²) >= 11 is 1.49. The van der Waals surface area contributed by atoms with Gasteiger partial charge in [0.2, 0.25) is 5.91 Å². The van der Waals surface area contributed by atoms with Crippen molar-refractivity contribution in [1.29, 1.82) is 0 Å². The zero-order valence-electron chi connectivity index (χ0n) is 11.4. The number of hydrogen-bond acceptors (Lipinski definition) is 3. The Morgan fingerprint density at radius 2 is 2.20 bits per heavy atom. The van der Waals surface area contributed by atoms with E-state index in [0.717, 1.165) is 15.3 Å². The Kier molecular flexibility index (Phi) is 4.11. The van der Waals surface area contributed by atoms with Crippen LogP contribution in [0.3, 0.4) is 0 Å². The highest BCUT2D eigenvalue weighted by atomic mass is 32.1. The maximum Gasteiger partial charge on any atom is 0.404 e. The Bertz CT molecular complexity index is 485. The van der Waals surface area contributed by atoms with Gasteiger partial charge in [0.1, 0.15) is 0 Å². The maximum atomic E-state index is 13.2. The Morgan fingerprint density at radius 3 is 2.65 bits per heavy atom. The lowest BCUT2D eigenvalue weighted by molar-refractivity contribution is -0.216. The van der Waals surface area contributed by atoms with Crippen LogP contribution < -0.4 is 10.6 Å². The van der Waals surface area contributed by atoms with Crippen molar-refractivity contribution in [1.82, 2.24) is 10.6 Å². The summed E-state index contributed by atoms with van der Waals surface area (Å²) in [6.45, 7) is 3.91. The van der Waals surface area contributed by atoms with Crippen LogP contribution in [0.2, 0.25) is 0 Å². The van der Waals surface area contributed by atoms with E-state index in [1.807, 2.05) is 19.9 Å². The summed E-state index contributed by atoms with van der Waals surface area (Å²) in [5, 5.41) is 5.07. The molecule has 1 amide bonds. The number of carbonyl (C=O) groups is 1. The van der Waals surface area contributed by atoms with Crippen LogP contribution >= 0.6 is 11.3 Å². The van der Waals surface area contributed by atoms with Crippen molar-refractivity contribution in [3.05, 3.63) is 21.4 Å². The molecule has 2 rings (SSSR count). The molecule has 0 saturated carbocycles. The number of carbonyl (C=O) groups excluding carboxylic acids is 1. The molecule has 1 aromatic rings. The average Bonchev–Trinajstić information content (AvgIpc) is 2.94. The van der Waals surface area contributed by atoms with E-state index in [1.54, 1.807) is 0 Å². The van der Waals surface area contributed by atoms with Gasteiger partial charge in [-0.05, 0) is 38.4 Å². The molecule has 20 heavy (non-hydrogen) atoms. The molecule has 112 valence electrons. The van der Waals surface area contributed by atoms with E-state index in [0.29, 0.717) is 0 Å². The first-order chi connectivity index (χ1) is 9.26. The van der Waals surface area contributed by atoms with E-state index in [4.69, 9.17) is 0 Å². The van der Waals surface area contributed by atoms with Gasteiger partial charge < -0.3 is 10.6 Å². The summed E-state index contributed by atoms with van der Waals surface area (Å²) in [4.78, 5) is 14.0. The molecule has 2 N–H and O–H groups in total. The van der Waals surface area contributed by atoms with Gasteiger partial charge in [-0.15, -0.1) is 11.3 Å². The number of halogens is 3. The maximum absolute atomic E-state index is 13.2. The lowest BCUT2D eigenvalue weighted by atomic mass is 9.85. The van der Waals surface area contributed by atoms with Gasteiger partial charge in [0.05, 0.1) is 6.54 Å². The Balaban J connectivity index is 2.06. The minimum Gasteiger partial charge on any atom is -0.350 e. The van der Waals surface area contributed by atoms with Crippen molar-refractivity contribution >= 4 is 17.2 Å².